The van der Waals surface area contributed by atoms with Crippen LogP contribution < -0.4 is 5.73 Å². The zero-order valence-corrected chi connectivity index (χ0v) is 11.8. The molecule has 3 heterocycles. The second-order valence-electron chi connectivity index (χ2n) is 5.23. The third-order valence-corrected chi connectivity index (χ3v) is 3.72. The fourth-order valence-corrected chi connectivity index (χ4v) is 2.39. The number of amides is 1. The van der Waals surface area contributed by atoms with Crippen LogP contribution in [0.4, 0.5) is 0 Å². The number of fused-ring (bicyclic) bond motifs is 1. The van der Waals surface area contributed by atoms with Crippen LogP contribution >= 0.6 is 0 Å². The molecule has 6 nitrogen and oxygen atoms in total. The molecule has 1 saturated heterocycles. The van der Waals surface area contributed by atoms with Gasteiger partial charge in [-0.1, -0.05) is 0 Å². The minimum Gasteiger partial charge on any atom is -0.402 e. The first-order valence-electron chi connectivity index (χ1n) is 6.85. The molecule has 0 spiro atoms. The summed E-state index contributed by atoms with van der Waals surface area (Å²) in [4.78, 5) is 21.4. The molecule has 0 atom stereocenters. The van der Waals surface area contributed by atoms with Crippen molar-refractivity contribution in [1.82, 2.24) is 14.9 Å². The van der Waals surface area contributed by atoms with E-state index in [4.69, 9.17) is 11.1 Å². The number of H-pyrrole nitrogens is 1. The van der Waals surface area contributed by atoms with Crippen LogP contribution in [-0.4, -0.2) is 40.1 Å². The molecule has 108 valence electrons. The Labute approximate surface area is 122 Å². The standard InChI is InChI=1S/C15H17N5O/c1-9(17)11(7-16)10-5-13-12(18-8-10)6-14(19-13)15(21)20-3-2-4-20/h5-8,16,19H,2-4,17H2,1H3/b11-9+,16-7?. The van der Waals surface area contributed by atoms with Crippen LogP contribution in [0.1, 0.15) is 29.4 Å². The van der Waals surface area contributed by atoms with Gasteiger partial charge in [0.15, 0.2) is 0 Å². The number of aromatic nitrogens is 2. The molecule has 0 radical (unpaired) electrons. The number of hydrogen-bond donors (Lipinski definition) is 3. The molecule has 1 aliphatic heterocycles. The van der Waals surface area contributed by atoms with Crippen molar-refractivity contribution in [3.05, 3.63) is 35.3 Å². The van der Waals surface area contributed by atoms with Gasteiger partial charge in [0.1, 0.15) is 5.69 Å². The van der Waals surface area contributed by atoms with Gasteiger partial charge in [0.2, 0.25) is 0 Å². The predicted molar refractivity (Wildman–Crippen MR) is 82.2 cm³/mol. The number of aromatic amines is 1. The Morgan fingerprint density at radius 2 is 2.24 bits per heavy atom. The molecule has 21 heavy (non-hydrogen) atoms. The molecule has 0 bridgehead atoms. The van der Waals surface area contributed by atoms with E-state index in [2.05, 4.69) is 9.97 Å². The quantitative estimate of drug-likeness (QED) is 0.748. The SMILES string of the molecule is C/C(N)=C(/C=N)c1cnc2cc(C(=O)N3CCC3)[nH]c2c1. The molecule has 6 heteroatoms. The monoisotopic (exact) mass is 283 g/mol. The van der Waals surface area contributed by atoms with Crippen LogP contribution in [0.3, 0.4) is 0 Å². The van der Waals surface area contributed by atoms with E-state index in [1.165, 1.54) is 6.21 Å². The molecule has 2 aromatic rings. The Kier molecular flexibility index (Phi) is 3.21. The van der Waals surface area contributed by atoms with Gasteiger partial charge in [0.25, 0.3) is 5.91 Å². The van der Waals surface area contributed by atoms with Gasteiger partial charge in [-0.15, -0.1) is 0 Å². The molecule has 3 rings (SSSR count). The summed E-state index contributed by atoms with van der Waals surface area (Å²) in [6.07, 6.45) is 3.95. The maximum Gasteiger partial charge on any atom is 0.270 e. The number of allylic oxidation sites excluding steroid dienone is 2. The predicted octanol–water partition coefficient (Wildman–Crippen LogP) is 1.75. The van der Waals surface area contributed by atoms with Crippen LogP contribution in [0.5, 0.6) is 0 Å². The lowest BCUT2D eigenvalue weighted by Gasteiger charge is -2.30. The van der Waals surface area contributed by atoms with Crippen molar-refractivity contribution in [3.63, 3.8) is 0 Å². The zero-order chi connectivity index (χ0) is 15.0. The van der Waals surface area contributed by atoms with Crippen LogP contribution in [0, 0.1) is 5.41 Å². The number of pyridine rings is 1. The van der Waals surface area contributed by atoms with E-state index in [1.807, 2.05) is 6.07 Å². The van der Waals surface area contributed by atoms with Crippen molar-refractivity contribution in [1.29, 1.82) is 5.41 Å². The van der Waals surface area contributed by atoms with E-state index in [0.717, 1.165) is 36.1 Å². The van der Waals surface area contributed by atoms with E-state index in [0.29, 0.717) is 17.0 Å². The van der Waals surface area contributed by atoms with Crippen molar-refractivity contribution >= 4 is 28.7 Å². The molecule has 0 aliphatic carbocycles. The lowest BCUT2D eigenvalue weighted by atomic mass is 10.1. The lowest BCUT2D eigenvalue weighted by molar-refractivity contribution is 0.0646. The molecule has 1 aliphatic rings. The zero-order valence-electron chi connectivity index (χ0n) is 11.8. The second kappa shape index (κ2) is 5.05. The van der Waals surface area contributed by atoms with E-state index in [1.54, 1.807) is 24.1 Å². The van der Waals surface area contributed by atoms with Crippen molar-refractivity contribution in [2.75, 3.05) is 13.1 Å². The maximum atomic E-state index is 12.2. The van der Waals surface area contributed by atoms with Crippen LogP contribution in [0.2, 0.25) is 0 Å². The maximum absolute atomic E-state index is 12.2. The van der Waals surface area contributed by atoms with Crippen LogP contribution in [0.15, 0.2) is 24.0 Å². The number of nitrogens with zero attached hydrogens (tertiary/aromatic N) is 2. The molecule has 0 aromatic carbocycles. The van der Waals surface area contributed by atoms with Crippen molar-refractivity contribution in [2.24, 2.45) is 5.73 Å². The normalized spacial score (nSPS) is 15.6. The van der Waals surface area contributed by atoms with Gasteiger partial charge < -0.3 is 21.0 Å². The average Bonchev–Trinajstić information content (AvgIpc) is 2.80. The Morgan fingerprint density at radius 1 is 1.48 bits per heavy atom. The Bertz CT molecular complexity index is 751. The van der Waals surface area contributed by atoms with Gasteiger partial charge in [0.05, 0.1) is 11.0 Å². The highest BCUT2D eigenvalue weighted by molar-refractivity contribution is 6.10. The van der Waals surface area contributed by atoms with Gasteiger partial charge in [0, 0.05) is 42.3 Å². The molecular formula is C15H17N5O. The highest BCUT2D eigenvalue weighted by Crippen LogP contribution is 2.21. The number of nitrogens with one attached hydrogen (secondary N) is 2. The largest absolute Gasteiger partial charge is 0.402 e. The molecule has 0 unspecified atom stereocenters. The number of carbonyl (C=O) groups is 1. The fourth-order valence-electron chi connectivity index (χ4n) is 2.39. The highest BCUT2D eigenvalue weighted by Gasteiger charge is 2.23. The van der Waals surface area contributed by atoms with Crippen LogP contribution in [-0.2, 0) is 0 Å². The number of likely N-dealkylation sites (tertiary alicyclic amines) is 1. The first-order valence-corrected chi connectivity index (χ1v) is 6.85. The van der Waals surface area contributed by atoms with Gasteiger partial charge >= 0.3 is 0 Å². The Balaban J connectivity index is 2.00. The molecule has 4 N–H and O–H groups in total. The van der Waals surface area contributed by atoms with Crippen molar-refractivity contribution < 1.29 is 4.79 Å². The van der Waals surface area contributed by atoms with E-state index < -0.39 is 0 Å². The average molecular weight is 283 g/mol. The topological polar surface area (TPSA) is 98.9 Å². The van der Waals surface area contributed by atoms with Gasteiger partial charge in [-0.25, -0.2) is 0 Å². The molecule has 0 saturated carbocycles. The second-order valence-corrected chi connectivity index (χ2v) is 5.23. The Morgan fingerprint density at radius 3 is 2.81 bits per heavy atom. The van der Waals surface area contributed by atoms with Crippen molar-refractivity contribution in [2.45, 2.75) is 13.3 Å². The molecule has 2 aromatic heterocycles. The number of nitrogens with two attached hydrogens (primary N) is 1. The van der Waals surface area contributed by atoms with E-state index in [9.17, 15) is 4.79 Å². The third kappa shape index (κ3) is 2.29. The van der Waals surface area contributed by atoms with Crippen molar-refractivity contribution in [3.8, 4) is 0 Å². The highest BCUT2D eigenvalue weighted by atomic mass is 16.2. The summed E-state index contributed by atoms with van der Waals surface area (Å²) in [5, 5.41) is 7.44. The van der Waals surface area contributed by atoms with Gasteiger partial charge in [-0.3, -0.25) is 9.78 Å². The summed E-state index contributed by atoms with van der Waals surface area (Å²) in [6.45, 7) is 3.39. The molecular weight excluding hydrogens is 266 g/mol. The summed E-state index contributed by atoms with van der Waals surface area (Å²) >= 11 is 0. The fraction of sp³-hybridized carbons (Fsp3) is 0.267. The first-order chi connectivity index (χ1) is 10.1. The van der Waals surface area contributed by atoms with Gasteiger partial charge in [-0.2, -0.15) is 0 Å². The minimum absolute atomic E-state index is 0.0126. The molecule has 1 fully saturated rings. The number of rotatable bonds is 3. The number of carbonyl (C=O) groups excluding carboxylic acids is 1. The smallest absolute Gasteiger partial charge is 0.270 e. The minimum atomic E-state index is 0.0126. The van der Waals surface area contributed by atoms with E-state index >= 15 is 0 Å². The third-order valence-electron chi connectivity index (χ3n) is 3.72. The first kappa shape index (κ1) is 13.4. The molecule has 1 amide bonds. The summed E-state index contributed by atoms with van der Waals surface area (Å²) in [5.41, 5.74) is 9.80. The summed E-state index contributed by atoms with van der Waals surface area (Å²) in [7, 11) is 0. The van der Waals surface area contributed by atoms with E-state index in [-0.39, 0.29) is 5.91 Å². The number of hydrogen-bond acceptors (Lipinski definition) is 4. The summed E-state index contributed by atoms with van der Waals surface area (Å²) in [6, 6.07) is 3.63. The summed E-state index contributed by atoms with van der Waals surface area (Å²) < 4.78 is 0. The lowest BCUT2D eigenvalue weighted by Crippen LogP contribution is -2.42. The van der Waals surface area contributed by atoms with Crippen LogP contribution in [0.25, 0.3) is 16.6 Å². The van der Waals surface area contributed by atoms with Gasteiger partial charge in [-0.05, 0) is 25.5 Å². The summed E-state index contributed by atoms with van der Waals surface area (Å²) in [5.74, 6) is 0.0126. The Hall–Kier alpha value is -2.63.